The zero-order valence-corrected chi connectivity index (χ0v) is 12.8. The molecule has 3 N–H and O–H groups in total. The van der Waals surface area contributed by atoms with Crippen molar-refractivity contribution in [3.05, 3.63) is 35.0 Å². The summed E-state index contributed by atoms with van der Waals surface area (Å²) in [7, 11) is 0. The molecule has 4 nitrogen and oxygen atoms in total. The Hall–Kier alpha value is -1.81. The topological polar surface area (TPSA) is 56.9 Å². The molecule has 0 atom stereocenters. The second-order valence-corrected chi connectivity index (χ2v) is 6.04. The van der Waals surface area contributed by atoms with Gasteiger partial charge in [-0.05, 0) is 69.5 Å². The smallest absolute Gasteiger partial charge is 0.251 e. The van der Waals surface area contributed by atoms with Crippen molar-refractivity contribution in [3.63, 3.8) is 0 Å². The lowest BCUT2D eigenvalue weighted by molar-refractivity contribution is 0.0944. The average molecular weight is 285 g/mol. The number of piperidine rings is 1. The predicted molar refractivity (Wildman–Crippen MR) is 85.7 cm³/mol. The Labute approximate surface area is 125 Å². The summed E-state index contributed by atoms with van der Waals surface area (Å²) < 4.78 is 0. The van der Waals surface area contributed by atoms with Crippen LogP contribution in [-0.4, -0.2) is 30.5 Å². The Morgan fingerprint density at radius 3 is 2.81 bits per heavy atom. The van der Waals surface area contributed by atoms with Gasteiger partial charge in [0.05, 0.1) is 0 Å². The minimum absolute atomic E-state index is 0.0358. The molecule has 21 heavy (non-hydrogen) atoms. The Balaban J connectivity index is 1.70. The summed E-state index contributed by atoms with van der Waals surface area (Å²) >= 11 is 0. The lowest BCUT2D eigenvalue weighted by Gasteiger charge is -2.22. The Bertz CT molecular complexity index is 653. The highest BCUT2D eigenvalue weighted by Crippen LogP contribution is 2.22. The van der Waals surface area contributed by atoms with E-state index in [9.17, 15) is 4.79 Å². The lowest BCUT2D eigenvalue weighted by atomic mass is 9.98. The van der Waals surface area contributed by atoms with Crippen molar-refractivity contribution in [2.24, 2.45) is 5.92 Å². The number of hydrogen-bond acceptors (Lipinski definition) is 2. The van der Waals surface area contributed by atoms with Gasteiger partial charge in [0.2, 0.25) is 0 Å². The molecule has 0 unspecified atom stereocenters. The van der Waals surface area contributed by atoms with Crippen molar-refractivity contribution < 1.29 is 4.79 Å². The number of hydrogen-bond donors (Lipinski definition) is 3. The van der Waals surface area contributed by atoms with E-state index in [4.69, 9.17) is 0 Å². The third-order valence-electron chi connectivity index (χ3n) is 4.58. The molecule has 1 fully saturated rings. The highest BCUT2D eigenvalue weighted by atomic mass is 16.1. The van der Waals surface area contributed by atoms with Gasteiger partial charge in [0, 0.05) is 28.7 Å². The summed E-state index contributed by atoms with van der Waals surface area (Å²) in [6.45, 7) is 7.06. The molecule has 1 aliphatic heterocycles. The second-order valence-electron chi connectivity index (χ2n) is 6.04. The summed E-state index contributed by atoms with van der Waals surface area (Å²) in [6, 6.07) is 5.89. The minimum Gasteiger partial charge on any atom is -0.358 e. The number of aromatic nitrogens is 1. The number of amides is 1. The Morgan fingerprint density at radius 2 is 2.05 bits per heavy atom. The number of H-pyrrole nitrogens is 1. The van der Waals surface area contributed by atoms with Crippen LogP contribution >= 0.6 is 0 Å². The Morgan fingerprint density at radius 1 is 1.29 bits per heavy atom. The average Bonchev–Trinajstić information content (AvgIpc) is 2.80. The standard InChI is InChI=1S/C17H23N3O/c1-11-12(2)20-16-4-3-14(9-15(11)16)17(21)19-10-13-5-7-18-8-6-13/h3-4,9,13,18,20H,5-8,10H2,1-2H3,(H,19,21). The molecule has 0 radical (unpaired) electrons. The second kappa shape index (κ2) is 5.90. The molecule has 1 saturated heterocycles. The van der Waals surface area contributed by atoms with Crippen LogP contribution in [0.3, 0.4) is 0 Å². The zero-order chi connectivity index (χ0) is 14.8. The molecular formula is C17H23N3O. The summed E-state index contributed by atoms with van der Waals surface area (Å²) in [6.07, 6.45) is 2.30. The van der Waals surface area contributed by atoms with E-state index in [0.29, 0.717) is 5.92 Å². The van der Waals surface area contributed by atoms with Crippen LogP contribution in [0.1, 0.15) is 34.5 Å². The van der Waals surface area contributed by atoms with Gasteiger partial charge in [-0.25, -0.2) is 0 Å². The van der Waals surface area contributed by atoms with Crippen molar-refractivity contribution in [3.8, 4) is 0 Å². The van der Waals surface area contributed by atoms with Crippen molar-refractivity contribution in [2.45, 2.75) is 26.7 Å². The molecular weight excluding hydrogens is 262 g/mol. The fourth-order valence-electron chi connectivity index (χ4n) is 3.03. The first-order valence-corrected chi connectivity index (χ1v) is 7.73. The fourth-order valence-corrected chi connectivity index (χ4v) is 3.03. The highest BCUT2D eigenvalue weighted by molar-refractivity contribution is 5.99. The first-order chi connectivity index (χ1) is 10.1. The monoisotopic (exact) mass is 285 g/mol. The van der Waals surface area contributed by atoms with Gasteiger partial charge >= 0.3 is 0 Å². The van der Waals surface area contributed by atoms with Gasteiger partial charge in [-0.2, -0.15) is 0 Å². The summed E-state index contributed by atoms with van der Waals surface area (Å²) in [5.74, 6) is 0.642. The molecule has 1 amide bonds. The highest BCUT2D eigenvalue weighted by Gasteiger charge is 2.15. The number of carbonyl (C=O) groups is 1. The van der Waals surface area contributed by atoms with Crippen LogP contribution < -0.4 is 10.6 Å². The van der Waals surface area contributed by atoms with E-state index >= 15 is 0 Å². The van der Waals surface area contributed by atoms with E-state index in [2.05, 4.69) is 29.5 Å². The molecule has 1 aromatic heterocycles. The van der Waals surface area contributed by atoms with Gasteiger partial charge in [-0.15, -0.1) is 0 Å². The van der Waals surface area contributed by atoms with Crippen LogP contribution in [0.2, 0.25) is 0 Å². The van der Waals surface area contributed by atoms with Crippen LogP contribution in [0, 0.1) is 19.8 Å². The third-order valence-corrected chi connectivity index (χ3v) is 4.58. The molecule has 0 spiro atoms. The van der Waals surface area contributed by atoms with Crippen molar-refractivity contribution >= 4 is 16.8 Å². The van der Waals surface area contributed by atoms with Gasteiger partial charge < -0.3 is 15.6 Å². The maximum absolute atomic E-state index is 12.3. The predicted octanol–water partition coefficient (Wildman–Crippen LogP) is 2.51. The van der Waals surface area contributed by atoms with Gasteiger partial charge in [0.1, 0.15) is 0 Å². The van der Waals surface area contributed by atoms with Crippen LogP contribution in [0.25, 0.3) is 10.9 Å². The van der Waals surface area contributed by atoms with E-state index < -0.39 is 0 Å². The quantitative estimate of drug-likeness (QED) is 0.811. The third kappa shape index (κ3) is 2.95. The number of aryl methyl sites for hydroxylation is 2. The first-order valence-electron chi connectivity index (χ1n) is 7.73. The maximum Gasteiger partial charge on any atom is 0.251 e. The van der Waals surface area contributed by atoms with E-state index in [-0.39, 0.29) is 5.91 Å². The Kier molecular flexibility index (Phi) is 3.97. The van der Waals surface area contributed by atoms with E-state index in [1.54, 1.807) is 0 Å². The molecule has 2 aromatic rings. The number of carbonyl (C=O) groups excluding carboxylic acids is 1. The van der Waals surface area contributed by atoms with Gasteiger partial charge in [-0.1, -0.05) is 0 Å². The molecule has 112 valence electrons. The van der Waals surface area contributed by atoms with E-state index in [0.717, 1.165) is 54.6 Å². The number of fused-ring (bicyclic) bond motifs is 1. The summed E-state index contributed by atoms with van der Waals surface area (Å²) in [4.78, 5) is 15.7. The van der Waals surface area contributed by atoms with Crippen LogP contribution in [-0.2, 0) is 0 Å². The number of aromatic amines is 1. The molecule has 1 aliphatic rings. The lowest BCUT2D eigenvalue weighted by Crippen LogP contribution is -2.35. The normalized spacial score (nSPS) is 16.3. The van der Waals surface area contributed by atoms with Crippen molar-refractivity contribution in [1.82, 2.24) is 15.6 Å². The summed E-state index contributed by atoms with van der Waals surface area (Å²) in [5.41, 5.74) is 4.23. The number of benzene rings is 1. The number of rotatable bonds is 3. The van der Waals surface area contributed by atoms with Crippen LogP contribution in [0.5, 0.6) is 0 Å². The minimum atomic E-state index is 0.0358. The molecule has 0 bridgehead atoms. The van der Waals surface area contributed by atoms with E-state index in [1.807, 2.05) is 18.2 Å². The largest absolute Gasteiger partial charge is 0.358 e. The molecule has 2 heterocycles. The van der Waals surface area contributed by atoms with Crippen molar-refractivity contribution in [1.29, 1.82) is 0 Å². The zero-order valence-electron chi connectivity index (χ0n) is 12.8. The summed E-state index contributed by atoms with van der Waals surface area (Å²) in [5, 5.41) is 7.57. The SMILES string of the molecule is Cc1[nH]c2ccc(C(=O)NCC3CCNCC3)cc2c1C. The molecule has 4 heteroatoms. The molecule has 1 aromatic carbocycles. The molecule has 0 aliphatic carbocycles. The van der Waals surface area contributed by atoms with Crippen LogP contribution in [0.4, 0.5) is 0 Å². The van der Waals surface area contributed by atoms with Crippen LogP contribution in [0.15, 0.2) is 18.2 Å². The number of nitrogens with one attached hydrogen (secondary N) is 3. The fraction of sp³-hybridized carbons (Fsp3) is 0.471. The van der Waals surface area contributed by atoms with Crippen molar-refractivity contribution in [2.75, 3.05) is 19.6 Å². The van der Waals surface area contributed by atoms with Gasteiger partial charge in [-0.3, -0.25) is 4.79 Å². The molecule has 0 saturated carbocycles. The first kappa shape index (κ1) is 14.1. The molecule has 3 rings (SSSR count). The van der Waals surface area contributed by atoms with Gasteiger partial charge in [0.25, 0.3) is 5.91 Å². The maximum atomic E-state index is 12.3. The van der Waals surface area contributed by atoms with E-state index in [1.165, 1.54) is 5.56 Å². The van der Waals surface area contributed by atoms with Gasteiger partial charge in [0.15, 0.2) is 0 Å².